The van der Waals surface area contributed by atoms with Crippen LogP contribution in [0, 0.1) is 5.82 Å². The lowest BCUT2D eigenvalue weighted by Crippen LogP contribution is -2.34. The number of ether oxygens (including phenoxy) is 2. The summed E-state index contributed by atoms with van der Waals surface area (Å²) in [6, 6.07) is 3.57. The topological polar surface area (TPSA) is 90.4 Å². The number of halogens is 1. The SMILES string of the molecule is CS(=O)(=O)c1ccc(Oc2ncnc(OC3CCNCC3)c2C2CC2)c(F)c1. The zero-order valence-corrected chi connectivity index (χ0v) is 16.3. The Morgan fingerprint density at radius 3 is 2.46 bits per heavy atom. The Bertz CT molecular complexity index is 973. The molecule has 1 aliphatic carbocycles. The third kappa shape index (κ3) is 4.25. The number of sulfone groups is 1. The molecule has 0 spiro atoms. The van der Waals surface area contributed by atoms with Crippen LogP contribution in [0.15, 0.2) is 29.4 Å². The van der Waals surface area contributed by atoms with E-state index in [4.69, 9.17) is 9.47 Å². The molecule has 0 atom stereocenters. The summed E-state index contributed by atoms with van der Waals surface area (Å²) < 4.78 is 49.4. The second kappa shape index (κ2) is 7.63. The first-order valence-electron chi connectivity index (χ1n) is 9.31. The first-order chi connectivity index (χ1) is 13.4. The molecule has 1 aromatic carbocycles. The molecule has 2 aromatic rings. The number of piperidine rings is 1. The quantitative estimate of drug-likeness (QED) is 0.787. The van der Waals surface area contributed by atoms with Crippen LogP contribution in [-0.2, 0) is 9.84 Å². The molecular weight excluding hydrogens is 385 g/mol. The maximum Gasteiger partial charge on any atom is 0.229 e. The van der Waals surface area contributed by atoms with Crippen LogP contribution >= 0.6 is 0 Å². The average molecular weight is 407 g/mol. The number of nitrogens with zero attached hydrogens (tertiary/aromatic N) is 2. The van der Waals surface area contributed by atoms with E-state index in [1.807, 2.05) is 0 Å². The molecule has 0 bridgehead atoms. The molecule has 1 N–H and O–H groups in total. The highest BCUT2D eigenvalue weighted by Crippen LogP contribution is 2.48. The van der Waals surface area contributed by atoms with Crippen molar-refractivity contribution in [3.63, 3.8) is 0 Å². The van der Waals surface area contributed by atoms with Gasteiger partial charge in [0.25, 0.3) is 0 Å². The van der Waals surface area contributed by atoms with Crippen molar-refractivity contribution in [2.24, 2.45) is 0 Å². The van der Waals surface area contributed by atoms with E-state index in [-0.39, 0.29) is 28.5 Å². The van der Waals surface area contributed by atoms with Gasteiger partial charge in [-0.1, -0.05) is 0 Å². The molecule has 0 amide bonds. The van der Waals surface area contributed by atoms with Gasteiger partial charge >= 0.3 is 0 Å². The fourth-order valence-corrected chi connectivity index (χ4v) is 3.86. The zero-order valence-electron chi connectivity index (χ0n) is 15.5. The highest BCUT2D eigenvalue weighted by Gasteiger charge is 2.33. The summed E-state index contributed by atoms with van der Waals surface area (Å²) in [6.07, 6.45) is 6.19. The van der Waals surface area contributed by atoms with Gasteiger partial charge in [0.05, 0.1) is 10.5 Å². The van der Waals surface area contributed by atoms with Gasteiger partial charge in [-0.15, -0.1) is 0 Å². The van der Waals surface area contributed by atoms with Crippen LogP contribution in [0.2, 0.25) is 0 Å². The number of rotatable bonds is 6. The fourth-order valence-electron chi connectivity index (χ4n) is 3.23. The van der Waals surface area contributed by atoms with Crippen molar-refractivity contribution >= 4 is 9.84 Å². The largest absolute Gasteiger partial charge is 0.474 e. The molecule has 9 heteroatoms. The minimum atomic E-state index is -3.50. The highest BCUT2D eigenvalue weighted by atomic mass is 32.2. The molecule has 4 rings (SSSR count). The smallest absolute Gasteiger partial charge is 0.229 e. The fraction of sp³-hybridized carbons (Fsp3) is 0.474. The molecule has 2 heterocycles. The van der Waals surface area contributed by atoms with Crippen molar-refractivity contribution in [3.05, 3.63) is 35.9 Å². The maximum absolute atomic E-state index is 14.4. The molecule has 150 valence electrons. The Morgan fingerprint density at radius 2 is 1.82 bits per heavy atom. The van der Waals surface area contributed by atoms with E-state index in [1.165, 1.54) is 18.5 Å². The Balaban J connectivity index is 1.62. The molecule has 28 heavy (non-hydrogen) atoms. The van der Waals surface area contributed by atoms with E-state index < -0.39 is 15.7 Å². The molecule has 1 saturated carbocycles. The normalized spacial score (nSPS) is 18.1. The third-order valence-corrected chi connectivity index (χ3v) is 6.01. The Labute approximate surface area is 163 Å². The lowest BCUT2D eigenvalue weighted by atomic mass is 10.1. The summed E-state index contributed by atoms with van der Waals surface area (Å²) in [5, 5.41) is 3.29. The van der Waals surface area contributed by atoms with E-state index in [0.29, 0.717) is 5.88 Å². The van der Waals surface area contributed by atoms with Crippen LogP contribution in [0.3, 0.4) is 0 Å². The number of benzene rings is 1. The maximum atomic E-state index is 14.4. The Morgan fingerprint density at radius 1 is 1.11 bits per heavy atom. The lowest BCUT2D eigenvalue weighted by molar-refractivity contribution is 0.153. The molecule has 1 aromatic heterocycles. The summed E-state index contributed by atoms with van der Waals surface area (Å²) in [5.74, 6) is 0.135. The van der Waals surface area contributed by atoms with Crippen molar-refractivity contribution in [1.29, 1.82) is 0 Å². The second-order valence-corrected chi connectivity index (χ2v) is 9.22. The highest BCUT2D eigenvalue weighted by molar-refractivity contribution is 7.90. The summed E-state index contributed by atoms with van der Waals surface area (Å²) >= 11 is 0. The van der Waals surface area contributed by atoms with Gasteiger partial charge in [-0.2, -0.15) is 0 Å². The van der Waals surface area contributed by atoms with Crippen molar-refractivity contribution in [2.75, 3.05) is 19.3 Å². The van der Waals surface area contributed by atoms with E-state index >= 15 is 0 Å². The van der Waals surface area contributed by atoms with Crippen LogP contribution in [0.5, 0.6) is 17.5 Å². The molecule has 7 nitrogen and oxygen atoms in total. The van der Waals surface area contributed by atoms with Gasteiger partial charge in [0.1, 0.15) is 12.4 Å². The van der Waals surface area contributed by atoms with Crippen molar-refractivity contribution < 1.29 is 22.3 Å². The van der Waals surface area contributed by atoms with Gasteiger partial charge < -0.3 is 14.8 Å². The Kier molecular flexibility index (Phi) is 5.20. The van der Waals surface area contributed by atoms with Crippen molar-refractivity contribution in [2.45, 2.75) is 42.6 Å². The van der Waals surface area contributed by atoms with Gasteiger partial charge in [0.15, 0.2) is 21.4 Å². The van der Waals surface area contributed by atoms with Crippen LogP contribution in [0.4, 0.5) is 4.39 Å². The van der Waals surface area contributed by atoms with E-state index in [1.54, 1.807) is 0 Å². The molecule has 2 fully saturated rings. The molecular formula is C19H22FN3O4S. The number of nitrogens with one attached hydrogen (secondary N) is 1. The molecule has 1 aliphatic heterocycles. The minimum absolute atomic E-state index is 0.0762. The zero-order chi connectivity index (χ0) is 19.7. The summed E-state index contributed by atoms with van der Waals surface area (Å²) in [4.78, 5) is 8.39. The van der Waals surface area contributed by atoms with Gasteiger partial charge in [0.2, 0.25) is 11.8 Å². The van der Waals surface area contributed by atoms with Gasteiger partial charge in [-0.25, -0.2) is 22.8 Å². The van der Waals surface area contributed by atoms with Crippen LogP contribution in [0.1, 0.15) is 37.2 Å². The van der Waals surface area contributed by atoms with E-state index in [9.17, 15) is 12.8 Å². The first-order valence-corrected chi connectivity index (χ1v) is 11.2. The number of hydrogen-bond acceptors (Lipinski definition) is 7. The minimum Gasteiger partial charge on any atom is -0.474 e. The molecule has 2 aliphatic rings. The van der Waals surface area contributed by atoms with Gasteiger partial charge in [0, 0.05) is 6.26 Å². The number of aromatic nitrogens is 2. The predicted octanol–water partition coefficient (Wildman–Crippen LogP) is 2.82. The van der Waals surface area contributed by atoms with Crippen LogP contribution < -0.4 is 14.8 Å². The molecule has 0 radical (unpaired) electrons. The van der Waals surface area contributed by atoms with Crippen molar-refractivity contribution in [1.82, 2.24) is 15.3 Å². The summed E-state index contributed by atoms with van der Waals surface area (Å²) in [6.45, 7) is 1.80. The second-order valence-electron chi connectivity index (χ2n) is 7.21. The summed E-state index contributed by atoms with van der Waals surface area (Å²) in [5.41, 5.74) is 0.757. The van der Waals surface area contributed by atoms with Crippen LogP contribution in [-0.4, -0.2) is 43.8 Å². The monoisotopic (exact) mass is 407 g/mol. The Hall–Kier alpha value is -2.26. The third-order valence-electron chi connectivity index (χ3n) is 4.90. The predicted molar refractivity (Wildman–Crippen MR) is 100 cm³/mol. The average Bonchev–Trinajstić information content (AvgIpc) is 3.48. The van der Waals surface area contributed by atoms with Gasteiger partial charge in [-0.05, 0) is 62.9 Å². The first kappa shape index (κ1) is 19.1. The number of hydrogen-bond donors (Lipinski definition) is 1. The molecule has 1 saturated heterocycles. The van der Waals surface area contributed by atoms with E-state index in [0.717, 1.165) is 56.7 Å². The molecule has 0 unspecified atom stereocenters. The van der Waals surface area contributed by atoms with Gasteiger partial charge in [-0.3, -0.25) is 0 Å². The van der Waals surface area contributed by atoms with Crippen molar-refractivity contribution in [3.8, 4) is 17.5 Å². The summed E-state index contributed by atoms with van der Waals surface area (Å²) in [7, 11) is -3.50. The van der Waals surface area contributed by atoms with Crippen LogP contribution in [0.25, 0.3) is 0 Å². The lowest BCUT2D eigenvalue weighted by Gasteiger charge is -2.24. The standard InChI is InChI=1S/C19H22FN3O4S/c1-28(24,25)14-4-5-16(15(20)10-14)27-19-17(12-2-3-12)18(22-11-23-19)26-13-6-8-21-9-7-13/h4-5,10-13,21H,2-3,6-9H2,1H3. The van der Waals surface area contributed by atoms with E-state index in [2.05, 4.69) is 15.3 Å².